The molecular formula is C13H10FN3O3. The number of allylic oxidation sites excluding steroid dienone is 1. The molecule has 102 valence electrons. The summed E-state index contributed by atoms with van der Waals surface area (Å²) in [5.41, 5.74) is 0.404. The number of aldehydes is 1. The molecule has 0 bridgehead atoms. The summed E-state index contributed by atoms with van der Waals surface area (Å²) in [5, 5.41) is 14.8. The van der Waals surface area contributed by atoms with Gasteiger partial charge >= 0.3 is 5.69 Å². The van der Waals surface area contributed by atoms with E-state index in [1.807, 2.05) is 0 Å². The summed E-state index contributed by atoms with van der Waals surface area (Å²) in [4.78, 5) is 20.8. The SMILES string of the molecule is C=CCn1nc(-c2ccc(F)c([N+](=O)[O-])c2)cc1C=O. The first kappa shape index (κ1) is 13.6. The van der Waals surface area contributed by atoms with E-state index in [9.17, 15) is 19.3 Å². The molecule has 2 aromatic rings. The molecule has 0 saturated carbocycles. The Morgan fingerprint density at radius 3 is 2.80 bits per heavy atom. The zero-order chi connectivity index (χ0) is 14.7. The quantitative estimate of drug-likeness (QED) is 0.363. The van der Waals surface area contributed by atoms with E-state index in [2.05, 4.69) is 11.7 Å². The molecule has 0 aliphatic carbocycles. The van der Waals surface area contributed by atoms with Crippen LogP contribution in [-0.4, -0.2) is 21.0 Å². The fourth-order valence-corrected chi connectivity index (χ4v) is 1.75. The largest absolute Gasteiger partial charge is 0.305 e. The molecule has 1 aromatic carbocycles. The van der Waals surface area contributed by atoms with Crippen LogP contribution >= 0.6 is 0 Å². The van der Waals surface area contributed by atoms with Gasteiger partial charge in [-0.15, -0.1) is 6.58 Å². The van der Waals surface area contributed by atoms with Crippen LogP contribution in [0, 0.1) is 15.9 Å². The van der Waals surface area contributed by atoms with E-state index >= 15 is 0 Å². The topological polar surface area (TPSA) is 78.0 Å². The summed E-state index contributed by atoms with van der Waals surface area (Å²) < 4.78 is 14.7. The van der Waals surface area contributed by atoms with Crippen molar-refractivity contribution in [1.82, 2.24) is 9.78 Å². The third-order valence-electron chi connectivity index (χ3n) is 2.67. The Kier molecular flexibility index (Phi) is 3.69. The van der Waals surface area contributed by atoms with Crippen LogP contribution in [0.15, 0.2) is 36.9 Å². The maximum absolute atomic E-state index is 13.3. The lowest BCUT2D eigenvalue weighted by atomic mass is 10.1. The van der Waals surface area contributed by atoms with Crippen molar-refractivity contribution in [2.45, 2.75) is 6.54 Å². The van der Waals surface area contributed by atoms with Gasteiger partial charge in [-0.2, -0.15) is 9.49 Å². The molecule has 0 spiro atoms. The van der Waals surface area contributed by atoms with Gasteiger partial charge in [-0.1, -0.05) is 6.08 Å². The molecular weight excluding hydrogens is 265 g/mol. The lowest BCUT2D eigenvalue weighted by molar-refractivity contribution is -0.387. The zero-order valence-electron chi connectivity index (χ0n) is 10.3. The van der Waals surface area contributed by atoms with E-state index in [1.54, 1.807) is 6.08 Å². The molecule has 20 heavy (non-hydrogen) atoms. The van der Waals surface area contributed by atoms with Crippen molar-refractivity contribution < 1.29 is 14.1 Å². The van der Waals surface area contributed by atoms with Crippen molar-refractivity contribution in [3.05, 3.63) is 58.5 Å². The number of aromatic nitrogens is 2. The highest BCUT2D eigenvalue weighted by molar-refractivity contribution is 5.76. The van der Waals surface area contributed by atoms with Crippen molar-refractivity contribution in [1.29, 1.82) is 0 Å². The Labute approximate surface area is 113 Å². The number of nitrogens with zero attached hydrogens (tertiary/aromatic N) is 3. The Bertz CT molecular complexity index is 694. The fraction of sp³-hybridized carbons (Fsp3) is 0.0769. The third kappa shape index (κ3) is 2.46. The second-order valence-electron chi connectivity index (χ2n) is 3.97. The highest BCUT2D eigenvalue weighted by atomic mass is 19.1. The minimum atomic E-state index is -0.917. The Morgan fingerprint density at radius 1 is 1.45 bits per heavy atom. The summed E-state index contributed by atoms with van der Waals surface area (Å²) in [6.45, 7) is 3.88. The molecule has 1 heterocycles. The molecule has 1 aromatic heterocycles. The van der Waals surface area contributed by atoms with Crippen LogP contribution in [0.1, 0.15) is 10.5 Å². The van der Waals surface area contributed by atoms with Crippen LogP contribution in [0.3, 0.4) is 0 Å². The van der Waals surface area contributed by atoms with Gasteiger partial charge in [0.25, 0.3) is 0 Å². The number of nitro groups is 1. The van der Waals surface area contributed by atoms with Crippen LogP contribution in [0.5, 0.6) is 0 Å². The van der Waals surface area contributed by atoms with E-state index in [0.29, 0.717) is 29.8 Å². The summed E-state index contributed by atoms with van der Waals surface area (Å²) in [6, 6.07) is 4.94. The van der Waals surface area contributed by atoms with Crippen molar-refractivity contribution in [3.63, 3.8) is 0 Å². The highest BCUT2D eigenvalue weighted by Gasteiger charge is 2.17. The first-order valence-corrected chi connectivity index (χ1v) is 5.65. The smallest absolute Gasteiger partial charge is 0.296 e. The Hall–Kier alpha value is -2.83. The van der Waals surface area contributed by atoms with E-state index in [1.165, 1.54) is 16.8 Å². The highest BCUT2D eigenvalue weighted by Crippen LogP contribution is 2.25. The molecule has 7 heteroatoms. The maximum Gasteiger partial charge on any atom is 0.305 e. The number of carbonyl (C=O) groups is 1. The van der Waals surface area contributed by atoms with Crippen molar-refractivity contribution in [2.75, 3.05) is 0 Å². The van der Waals surface area contributed by atoms with Crippen molar-refractivity contribution in [2.24, 2.45) is 0 Å². The summed E-state index contributed by atoms with van der Waals surface area (Å²) in [7, 11) is 0. The lowest BCUT2D eigenvalue weighted by Crippen LogP contribution is -2.02. The Morgan fingerprint density at radius 2 is 2.20 bits per heavy atom. The van der Waals surface area contributed by atoms with Crippen molar-refractivity contribution in [3.8, 4) is 11.3 Å². The number of nitro benzene ring substituents is 1. The van der Waals surface area contributed by atoms with Crippen LogP contribution < -0.4 is 0 Å². The van der Waals surface area contributed by atoms with Gasteiger partial charge in [-0.3, -0.25) is 19.6 Å². The molecule has 0 amide bonds. The molecule has 6 nitrogen and oxygen atoms in total. The first-order valence-electron chi connectivity index (χ1n) is 5.65. The molecule has 0 atom stereocenters. The van der Waals surface area contributed by atoms with Gasteiger partial charge in [0.1, 0.15) is 5.69 Å². The second-order valence-corrected chi connectivity index (χ2v) is 3.97. The summed E-state index contributed by atoms with van der Waals surface area (Å²) in [5.74, 6) is -0.917. The standard InChI is InChI=1S/C13H10FN3O3/c1-2-5-16-10(8-18)7-12(15-16)9-3-4-11(14)13(6-9)17(19)20/h2-4,6-8H,1,5H2. The number of rotatable bonds is 5. The van der Waals surface area contributed by atoms with E-state index < -0.39 is 16.4 Å². The van der Waals surface area contributed by atoms with Crippen LogP contribution in [0.4, 0.5) is 10.1 Å². The predicted molar refractivity (Wildman–Crippen MR) is 69.9 cm³/mol. The van der Waals surface area contributed by atoms with E-state index in [-0.39, 0.29) is 0 Å². The first-order chi connectivity index (χ1) is 9.56. The molecule has 0 N–H and O–H groups in total. The average Bonchev–Trinajstić information content (AvgIpc) is 2.82. The number of carbonyl (C=O) groups excluding carboxylic acids is 1. The molecule has 0 aliphatic heterocycles. The van der Waals surface area contributed by atoms with Gasteiger partial charge in [0.05, 0.1) is 17.2 Å². The van der Waals surface area contributed by atoms with Gasteiger partial charge in [0, 0.05) is 11.6 Å². The predicted octanol–water partition coefficient (Wildman–Crippen LogP) is 2.60. The normalized spacial score (nSPS) is 10.2. The molecule has 0 fully saturated rings. The number of hydrogen-bond donors (Lipinski definition) is 0. The third-order valence-corrected chi connectivity index (χ3v) is 2.67. The van der Waals surface area contributed by atoms with Crippen molar-refractivity contribution >= 4 is 12.0 Å². The van der Waals surface area contributed by atoms with Gasteiger partial charge in [0.2, 0.25) is 5.82 Å². The number of hydrogen-bond acceptors (Lipinski definition) is 4. The molecule has 0 aliphatic rings. The maximum atomic E-state index is 13.3. The fourth-order valence-electron chi connectivity index (χ4n) is 1.75. The molecule has 0 radical (unpaired) electrons. The van der Waals surface area contributed by atoms with Gasteiger partial charge < -0.3 is 0 Å². The van der Waals surface area contributed by atoms with Crippen LogP contribution in [0.2, 0.25) is 0 Å². The van der Waals surface area contributed by atoms with Gasteiger partial charge in [0.15, 0.2) is 6.29 Å². The summed E-state index contributed by atoms with van der Waals surface area (Å²) >= 11 is 0. The zero-order valence-corrected chi connectivity index (χ0v) is 10.3. The molecule has 2 rings (SSSR count). The minimum absolute atomic E-state index is 0.312. The summed E-state index contributed by atoms with van der Waals surface area (Å²) in [6.07, 6.45) is 2.19. The van der Waals surface area contributed by atoms with E-state index in [0.717, 1.165) is 12.1 Å². The van der Waals surface area contributed by atoms with Gasteiger partial charge in [-0.25, -0.2) is 0 Å². The Balaban J connectivity index is 2.51. The van der Waals surface area contributed by atoms with Crippen LogP contribution in [-0.2, 0) is 6.54 Å². The monoisotopic (exact) mass is 275 g/mol. The minimum Gasteiger partial charge on any atom is -0.296 e. The van der Waals surface area contributed by atoms with Crippen LogP contribution in [0.25, 0.3) is 11.3 Å². The van der Waals surface area contributed by atoms with Gasteiger partial charge in [-0.05, 0) is 18.2 Å². The lowest BCUT2D eigenvalue weighted by Gasteiger charge is -1.99. The number of halogens is 1. The molecule has 0 unspecified atom stereocenters. The van der Waals surface area contributed by atoms with E-state index in [4.69, 9.17) is 0 Å². The second kappa shape index (κ2) is 5.43. The molecule has 0 saturated heterocycles. The average molecular weight is 275 g/mol. The number of benzene rings is 1.